The molecule has 0 bridgehead atoms. The van der Waals surface area contributed by atoms with Crippen LogP contribution < -0.4 is 5.32 Å². The van der Waals surface area contributed by atoms with Crippen molar-refractivity contribution in [3.63, 3.8) is 0 Å². The summed E-state index contributed by atoms with van der Waals surface area (Å²) in [4.78, 5) is 29.9. The second kappa shape index (κ2) is 11.5. The Morgan fingerprint density at radius 1 is 1.25 bits per heavy atom. The third-order valence-corrected chi connectivity index (χ3v) is 5.46. The van der Waals surface area contributed by atoms with Crippen LogP contribution in [0.3, 0.4) is 0 Å². The number of hydrogen-bond donors (Lipinski definition) is 1. The molecular formula is C22H30FN7O2. The first-order valence-electron chi connectivity index (χ1n) is 10.7. The van der Waals surface area contributed by atoms with Crippen LogP contribution in [-0.2, 0) is 4.79 Å². The van der Waals surface area contributed by atoms with E-state index in [1.807, 2.05) is 7.05 Å². The Morgan fingerprint density at radius 2 is 1.97 bits per heavy atom. The minimum Gasteiger partial charge on any atom is -0.340 e. The van der Waals surface area contributed by atoms with Crippen molar-refractivity contribution in [3.8, 4) is 5.69 Å². The standard InChI is InChI=1S/C22H30FN7O2/c1-3-11-29(23)12-4-5-20(22(32)28-16-14-27(2)15-17-28)25-21(31)18-6-8-19(9-7-18)30-13-10-24-26-30/h3,6-10,13,20H,1,4-5,11-12,14-17H2,2H3,(H,25,31)/t20-/m0/s1. The van der Waals surface area contributed by atoms with E-state index >= 15 is 0 Å². The Bertz CT molecular complexity index is 880. The van der Waals surface area contributed by atoms with E-state index in [0.717, 1.165) is 18.8 Å². The van der Waals surface area contributed by atoms with Crippen LogP contribution in [0.4, 0.5) is 4.48 Å². The van der Waals surface area contributed by atoms with Gasteiger partial charge in [-0.2, -0.15) is 0 Å². The topological polar surface area (TPSA) is 86.6 Å². The maximum atomic E-state index is 13.7. The molecule has 0 radical (unpaired) electrons. The highest BCUT2D eigenvalue weighted by molar-refractivity contribution is 5.97. The summed E-state index contributed by atoms with van der Waals surface area (Å²) in [5.74, 6) is -0.467. The van der Waals surface area contributed by atoms with Gasteiger partial charge in [-0.05, 0) is 44.2 Å². The molecule has 10 heteroatoms. The quantitative estimate of drug-likeness (QED) is 0.440. The fraction of sp³-hybridized carbons (Fsp3) is 0.455. The second-order valence-corrected chi connectivity index (χ2v) is 7.85. The zero-order chi connectivity index (χ0) is 22.9. The monoisotopic (exact) mass is 443 g/mol. The number of piperazine rings is 1. The van der Waals surface area contributed by atoms with Crippen molar-refractivity contribution in [2.24, 2.45) is 0 Å². The molecule has 2 amide bonds. The predicted octanol–water partition coefficient (Wildman–Crippen LogP) is 1.29. The van der Waals surface area contributed by atoms with Gasteiger partial charge in [-0.3, -0.25) is 9.59 Å². The van der Waals surface area contributed by atoms with Gasteiger partial charge in [0.1, 0.15) is 6.04 Å². The Morgan fingerprint density at radius 3 is 2.59 bits per heavy atom. The molecular weight excluding hydrogens is 413 g/mol. The number of nitrogens with one attached hydrogen (secondary N) is 1. The van der Waals surface area contributed by atoms with Crippen molar-refractivity contribution in [2.75, 3.05) is 46.3 Å². The van der Waals surface area contributed by atoms with Gasteiger partial charge in [0.2, 0.25) is 5.91 Å². The molecule has 0 unspecified atom stereocenters. The first kappa shape index (κ1) is 23.6. The molecule has 1 fully saturated rings. The average Bonchev–Trinajstić information content (AvgIpc) is 3.34. The molecule has 1 aromatic carbocycles. The van der Waals surface area contributed by atoms with E-state index in [1.54, 1.807) is 46.2 Å². The lowest BCUT2D eigenvalue weighted by molar-refractivity contribution is -0.135. The van der Waals surface area contributed by atoms with Crippen molar-refractivity contribution in [3.05, 3.63) is 54.9 Å². The van der Waals surface area contributed by atoms with E-state index in [4.69, 9.17) is 0 Å². The third-order valence-electron chi connectivity index (χ3n) is 5.46. The zero-order valence-corrected chi connectivity index (χ0v) is 18.4. The van der Waals surface area contributed by atoms with E-state index in [0.29, 0.717) is 36.6 Å². The Hall–Kier alpha value is -3.11. The number of likely N-dealkylation sites (N-methyl/N-ethyl adjacent to an activating group) is 1. The lowest BCUT2D eigenvalue weighted by Crippen LogP contribution is -2.54. The minimum absolute atomic E-state index is 0.125. The van der Waals surface area contributed by atoms with Crippen molar-refractivity contribution in [1.82, 2.24) is 35.2 Å². The smallest absolute Gasteiger partial charge is 0.251 e. The number of carbonyl (C=O) groups is 2. The lowest BCUT2D eigenvalue weighted by atomic mass is 10.1. The highest BCUT2D eigenvalue weighted by Crippen LogP contribution is 2.12. The number of benzene rings is 1. The third kappa shape index (κ3) is 6.44. The van der Waals surface area contributed by atoms with Crippen molar-refractivity contribution in [1.29, 1.82) is 0 Å². The number of nitrogens with zero attached hydrogens (tertiary/aromatic N) is 6. The summed E-state index contributed by atoms with van der Waals surface area (Å²) in [7, 11) is 2.01. The van der Waals surface area contributed by atoms with Gasteiger partial charge in [0.15, 0.2) is 0 Å². The van der Waals surface area contributed by atoms with Crippen LogP contribution in [0.25, 0.3) is 5.69 Å². The molecule has 1 N–H and O–H groups in total. The molecule has 0 aliphatic carbocycles. The normalized spacial score (nSPS) is 15.5. The average molecular weight is 444 g/mol. The second-order valence-electron chi connectivity index (χ2n) is 7.85. The Labute approximate surface area is 187 Å². The predicted molar refractivity (Wildman–Crippen MR) is 119 cm³/mol. The fourth-order valence-electron chi connectivity index (χ4n) is 3.56. The summed E-state index contributed by atoms with van der Waals surface area (Å²) in [5.41, 5.74) is 1.21. The lowest BCUT2D eigenvalue weighted by Gasteiger charge is -2.35. The maximum Gasteiger partial charge on any atom is 0.251 e. The summed E-state index contributed by atoms with van der Waals surface area (Å²) < 4.78 is 15.3. The molecule has 0 saturated carbocycles. The Balaban J connectivity index is 1.65. The van der Waals surface area contributed by atoms with Gasteiger partial charge in [-0.25, -0.2) is 4.68 Å². The van der Waals surface area contributed by atoms with Gasteiger partial charge < -0.3 is 15.1 Å². The van der Waals surface area contributed by atoms with Crippen LogP contribution in [0.2, 0.25) is 0 Å². The first-order valence-corrected chi connectivity index (χ1v) is 10.7. The van der Waals surface area contributed by atoms with E-state index in [2.05, 4.69) is 27.1 Å². The van der Waals surface area contributed by atoms with Crippen LogP contribution in [0.15, 0.2) is 49.3 Å². The summed E-state index contributed by atoms with van der Waals surface area (Å²) in [6.07, 6.45) is 5.55. The van der Waals surface area contributed by atoms with Crippen LogP contribution in [0.1, 0.15) is 23.2 Å². The van der Waals surface area contributed by atoms with Crippen LogP contribution >= 0.6 is 0 Å². The number of carbonyl (C=O) groups excluding carboxylic acids is 2. The Kier molecular flexibility index (Phi) is 8.46. The number of amides is 2. The van der Waals surface area contributed by atoms with E-state index in [-0.39, 0.29) is 24.9 Å². The number of aromatic nitrogens is 3. The molecule has 1 aliphatic rings. The molecule has 172 valence electrons. The number of rotatable bonds is 10. The van der Waals surface area contributed by atoms with Crippen LogP contribution in [0.5, 0.6) is 0 Å². The number of hydrogen-bond acceptors (Lipinski definition) is 6. The summed E-state index contributed by atoms with van der Waals surface area (Å²) in [6.45, 7) is 6.61. The minimum atomic E-state index is -0.710. The summed E-state index contributed by atoms with van der Waals surface area (Å²) in [5, 5.41) is 11.2. The molecule has 0 spiro atoms. The highest BCUT2D eigenvalue weighted by Gasteiger charge is 2.28. The van der Waals surface area contributed by atoms with Gasteiger partial charge in [0.05, 0.1) is 18.1 Å². The maximum absolute atomic E-state index is 13.7. The molecule has 1 atom stereocenters. The zero-order valence-electron chi connectivity index (χ0n) is 18.4. The molecule has 2 heterocycles. The van der Waals surface area contributed by atoms with Gasteiger partial charge in [-0.1, -0.05) is 11.3 Å². The molecule has 1 saturated heterocycles. The molecule has 2 aromatic rings. The molecule has 32 heavy (non-hydrogen) atoms. The van der Waals surface area contributed by atoms with Crippen molar-refractivity contribution in [2.45, 2.75) is 18.9 Å². The molecule has 1 aliphatic heterocycles. The van der Waals surface area contributed by atoms with Gasteiger partial charge in [0, 0.05) is 44.8 Å². The van der Waals surface area contributed by atoms with Crippen molar-refractivity contribution >= 4 is 11.8 Å². The van der Waals surface area contributed by atoms with Gasteiger partial charge in [0.25, 0.3) is 5.91 Å². The summed E-state index contributed by atoms with van der Waals surface area (Å²) >= 11 is 0. The number of halogens is 1. The van der Waals surface area contributed by atoms with E-state index < -0.39 is 6.04 Å². The van der Waals surface area contributed by atoms with E-state index in [1.165, 1.54) is 6.08 Å². The van der Waals surface area contributed by atoms with Crippen LogP contribution in [0, 0.1) is 0 Å². The molecule has 1 aromatic heterocycles. The van der Waals surface area contributed by atoms with Crippen LogP contribution in [-0.4, -0.2) is 94.1 Å². The van der Waals surface area contributed by atoms with Crippen molar-refractivity contribution < 1.29 is 14.1 Å². The SMILES string of the molecule is C=CCN(F)CCC[C@H](NC(=O)c1ccc(-n2ccnn2)cc1)C(=O)N1CCN(C)CC1. The first-order chi connectivity index (χ1) is 15.5. The molecule has 3 rings (SSSR count). The van der Waals surface area contributed by atoms with Gasteiger partial charge >= 0.3 is 0 Å². The fourth-order valence-corrected chi connectivity index (χ4v) is 3.56. The largest absolute Gasteiger partial charge is 0.340 e. The van der Waals surface area contributed by atoms with E-state index in [9.17, 15) is 14.1 Å². The van der Waals surface area contributed by atoms with Gasteiger partial charge in [-0.15, -0.1) is 21.3 Å². The molecule has 9 nitrogen and oxygen atoms in total. The summed E-state index contributed by atoms with van der Waals surface area (Å²) in [6, 6.07) is 6.17. The highest BCUT2D eigenvalue weighted by atomic mass is 19.2.